The first-order valence-corrected chi connectivity index (χ1v) is 5.49. The lowest BCUT2D eigenvalue weighted by atomic mass is 10.3. The molecule has 0 saturated heterocycles. The SMILES string of the molecule is CCCc1nc(Cn2cccc2CN)no1. The summed E-state index contributed by atoms with van der Waals surface area (Å²) in [4.78, 5) is 4.31. The van der Waals surface area contributed by atoms with Gasteiger partial charge in [0, 0.05) is 24.9 Å². The topological polar surface area (TPSA) is 69.9 Å². The lowest BCUT2D eigenvalue weighted by molar-refractivity contribution is 0.371. The number of nitrogens with zero attached hydrogens (tertiary/aromatic N) is 3. The van der Waals surface area contributed by atoms with Crippen molar-refractivity contribution < 1.29 is 4.52 Å². The highest BCUT2D eigenvalue weighted by Gasteiger charge is 2.07. The smallest absolute Gasteiger partial charge is 0.226 e. The van der Waals surface area contributed by atoms with E-state index >= 15 is 0 Å². The summed E-state index contributed by atoms with van der Waals surface area (Å²) in [6.07, 6.45) is 3.82. The predicted octanol–water partition coefficient (Wildman–Crippen LogP) is 1.33. The number of hydrogen-bond acceptors (Lipinski definition) is 4. The first-order valence-electron chi connectivity index (χ1n) is 5.49. The van der Waals surface area contributed by atoms with Gasteiger partial charge in [-0.1, -0.05) is 12.1 Å². The summed E-state index contributed by atoms with van der Waals surface area (Å²) >= 11 is 0. The Bertz CT molecular complexity index is 446. The molecule has 0 atom stereocenters. The van der Waals surface area contributed by atoms with Gasteiger partial charge in [0.05, 0.1) is 6.54 Å². The van der Waals surface area contributed by atoms with Gasteiger partial charge in [-0.25, -0.2) is 0 Å². The number of nitrogens with two attached hydrogens (primary N) is 1. The minimum Gasteiger partial charge on any atom is -0.342 e. The molecule has 0 bridgehead atoms. The summed E-state index contributed by atoms with van der Waals surface area (Å²) in [5.41, 5.74) is 6.69. The van der Waals surface area contributed by atoms with Crippen LogP contribution >= 0.6 is 0 Å². The third kappa shape index (κ3) is 2.30. The Morgan fingerprint density at radius 1 is 1.50 bits per heavy atom. The Hall–Kier alpha value is -1.62. The summed E-state index contributed by atoms with van der Waals surface area (Å²) < 4.78 is 7.15. The fourth-order valence-corrected chi connectivity index (χ4v) is 1.61. The molecule has 2 heterocycles. The second-order valence-electron chi connectivity index (χ2n) is 3.69. The van der Waals surface area contributed by atoms with Gasteiger partial charge in [0.25, 0.3) is 0 Å². The van der Waals surface area contributed by atoms with Crippen LogP contribution in [0.1, 0.15) is 30.8 Å². The zero-order chi connectivity index (χ0) is 11.4. The van der Waals surface area contributed by atoms with Crippen LogP contribution in [0.2, 0.25) is 0 Å². The minimum atomic E-state index is 0.521. The average molecular weight is 220 g/mol. The van der Waals surface area contributed by atoms with E-state index < -0.39 is 0 Å². The molecule has 0 radical (unpaired) electrons. The highest BCUT2D eigenvalue weighted by molar-refractivity contribution is 5.08. The molecule has 0 unspecified atom stereocenters. The van der Waals surface area contributed by atoms with E-state index in [1.807, 2.05) is 22.9 Å². The molecule has 2 aromatic heterocycles. The van der Waals surface area contributed by atoms with Crippen molar-refractivity contribution in [3.63, 3.8) is 0 Å². The molecular weight excluding hydrogens is 204 g/mol. The van der Waals surface area contributed by atoms with E-state index in [1.54, 1.807) is 0 Å². The van der Waals surface area contributed by atoms with Gasteiger partial charge in [-0.15, -0.1) is 0 Å². The van der Waals surface area contributed by atoms with Crippen molar-refractivity contribution in [3.8, 4) is 0 Å². The molecule has 2 N–H and O–H groups in total. The Kier molecular flexibility index (Phi) is 3.36. The monoisotopic (exact) mass is 220 g/mol. The first-order chi connectivity index (χ1) is 7.83. The Balaban J connectivity index is 2.08. The molecule has 5 nitrogen and oxygen atoms in total. The van der Waals surface area contributed by atoms with Crippen LogP contribution in [0.4, 0.5) is 0 Å². The highest BCUT2D eigenvalue weighted by atomic mass is 16.5. The molecule has 0 aliphatic heterocycles. The molecule has 2 aromatic rings. The van der Waals surface area contributed by atoms with Gasteiger partial charge in [0.1, 0.15) is 0 Å². The normalized spacial score (nSPS) is 10.9. The van der Waals surface area contributed by atoms with Gasteiger partial charge in [-0.3, -0.25) is 0 Å². The zero-order valence-corrected chi connectivity index (χ0v) is 9.39. The third-order valence-electron chi connectivity index (χ3n) is 2.42. The lowest BCUT2D eigenvalue weighted by Crippen LogP contribution is -2.08. The van der Waals surface area contributed by atoms with Crippen molar-refractivity contribution in [1.29, 1.82) is 0 Å². The maximum atomic E-state index is 5.62. The average Bonchev–Trinajstić information content (AvgIpc) is 2.89. The highest BCUT2D eigenvalue weighted by Crippen LogP contribution is 2.06. The van der Waals surface area contributed by atoms with E-state index in [2.05, 4.69) is 17.1 Å². The predicted molar refractivity (Wildman–Crippen MR) is 59.7 cm³/mol. The van der Waals surface area contributed by atoms with Gasteiger partial charge >= 0.3 is 0 Å². The van der Waals surface area contributed by atoms with Crippen molar-refractivity contribution in [3.05, 3.63) is 35.7 Å². The van der Waals surface area contributed by atoms with Crippen LogP contribution in [-0.2, 0) is 19.5 Å². The number of hydrogen-bond donors (Lipinski definition) is 1. The lowest BCUT2D eigenvalue weighted by Gasteiger charge is -2.03. The van der Waals surface area contributed by atoms with Crippen LogP contribution in [0, 0.1) is 0 Å². The quantitative estimate of drug-likeness (QED) is 0.825. The maximum Gasteiger partial charge on any atom is 0.226 e. The van der Waals surface area contributed by atoms with Crippen LogP contribution in [0.25, 0.3) is 0 Å². The Morgan fingerprint density at radius 3 is 3.12 bits per heavy atom. The Labute approximate surface area is 94.3 Å². The maximum absolute atomic E-state index is 5.62. The van der Waals surface area contributed by atoms with Crippen LogP contribution in [0.5, 0.6) is 0 Å². The molecule has 86 valence electrons. The molecule has 0 amide bonds. The number of aromatic nitrogens is 3. The standard InChI is InChI=1S/C11H16N4O/c1-2-4-11-13-10(14-16-11)8-15-6-3-5-9(15)7-12/h3,5-6H,2,4,7-8,12H2,1H3. The Morgan fingerprint density at radius 2 is 2.38 bits per heavy atom. The molecule has 2 rings (SSSR count). The summed E-state index contributed by atoms with van der Waals surface area (Å²) in [5.74, 6) is 1.41. The molecule has 0 aliphatic carbocycles. The van der Waals surface area contributed by atoms with E-state index in [9.17, 15) is 0 Å². The molecule has 0 aliphatic rings. The van der Waals surface area contributed by atoms with Gasteiger partial charge in [-0.2, -0.15) is 4.98 Å². The van der Waals surface area contributed by atoms with Crippen molar-refractivity contribution in [2.75, 3.05) is 0 Å². The van der Waals surface area contributed by atoms with E-state index in [0.717, 1.165) is 18.5 Å². The van der Waals surface area contributed by atoms with Gasteiger partial charge in [-0.05, 0) is 18.6 Å². The fourth-order valence-electron chi connectivity index (χ4n) is 1.61. The minimum absolute atomic E-state index is 0.521. The van der Waals surface area contributed by atoms with E-state index in [1.165, 1.54) is 0 Å². The second kappa shape index (κ2) is 4.94. The summed E-state index contributed by atoms with van der Waals surface area (Å²) in [7, 11) is 0. The zero-order valence-electron chi connectivity index (χ0n) is 9.39. The molecule has 0 saturated carbocycles. The first kappa shape index (κ1) is 10.9. The molecule has 0 aromatic carbocycles. The van der Waals surface area contributed by atoms with Gasteiger partial charge < -0.3 is 14.8 Å². The largest absolute Gasteiger partial charge is 0.342 e. The number of aryl methyl sites for hydroxylation is 1. The third-order valence-corrected chi connectivity index (χ3v) is 2.42. The van der Waals surface area contributed by atoms with Crippen molar-refractivity contribution in [1.82, 2.24) is 14.7 Å². The van der Waals surface area contributed by atoms with Crippen LogP contribution in [0.15, 0.2) is 22.9 Å². The fraction of sp³-hybridized carbons (Fsp3) is 0.455. The second-order valence-corrected chi connectivity index (χ2v) is 3.69. The molecular formula is C11H16N4O. The molecule has 16 heavy (non-hydrogen) atoms. The van der Waals surface area contributed by atoms with E-state index in [4.69, 9.17) is 10.3 Å². The van der Waals surface area contributed by atoms with Crippen molar-refractivity contribution in [2.24, 2.45) is 5.73 Å². The van der Waals surface area contributed by atoms with E-state index in [0.29, 0.717) is 24.8 Å². The van der Waals surface area contributed by atoms with Gasteiger partial charge in [0.15, 0.2) is 5.82 Å². The summed E-state index contributed by atoms with van der Waals surface area (Å²) in [6.45, 7) is 3.22. The van der Waals surface area contributed by atoms with Crippen molar-refractivity contribution in [2.45, 2.75) is 32.9 Å². The van der Waals surface area contributed by atoms with Gasteiger partial charge in [0.2, 0.25) is 5.89 Å². The van der Waals surface area contributed by atoms with E-state index in [-0.39, 0.29) is 0 Å². The van der Waals surface area contributed by atoms with Crippen LogP contribution < -0.4 is 5.73 Å². The van der Waals surface area contributed by atoms with Crippen LogP contribution in [0.3, 0.4) is 0 Å². The van der Waals surface area contributed by atoms with Crippen LogP contribution in [-0.4, -0.2) is 14.7 Å². The summed E-state index contributed by atoms with van der Waals surface area (Å²) in [6, 6.07) is 3.96. The number of rotatable bonds is 5. The molecule has 0 spiro atoms. The summed E-state index contributed by atoms with van der Waals surface area (Å²) in [5, 5.41) is 3.94. The van der Waals surface area contributed by atoms with Crippen molar-refractivity contribution >= 4 is 0 Å². The molecule has 5 heteroatoms. The molecule has 0 fully saturated rings.